The Morgan fingerprint density at radius 1 is 1.29 bits per heavy atom. The normalized spacial score (nSPS) is 17.1. The maximum atomic E-state index is 6.12. The van der Waals surface area contributed by atoms with E-state index in [0.29, 0.717) is 18.5 Å². The van der Waals surface area contributed by atoms with Crippen LogP contribution in [0.4, 0.5) is 5.69 Å². The van der Waals surface area contributed by atoms with Gasteiger partial charge in [-0.3, -0.25) is 9.89 Å². The molecule has 24 heavy (non-hydrogen) atoms. The molecule has 1 aliphatic rings. The fraction of sp³-hybridized carbons (Fsp3) is 0.421. The number of nitrogens with zero attached hydrogens (tertiary/aromatic N) is 2. The topological polar surface area (TPSA) is 53.6 Å². The molecule has 5 heteroatoms. The quantitative estimate of drug-likeness (QED) is 0.619. The summed E-state index contributed by atoms with van der Waals surface area (Å²) < 4.78 is 0. The van der Waals surface area contributed by atoms with E-state index in [1.54, 1.807) is 11.3 Å². The minimum absolute atomic E-state index is 0.342. The van der Waals surface area contributed by atoms with E-state index in [2.05, 4.69) is 51.8 Å². The van der Waals surface area contributed by atoms with Gasteiger partial charge in [-0.05, 0) is 61.5 Å². The Morgan fingerprint density at radius 2 is 2.12 bits per heavy atom. The summed E-state index contributed by atoms with van der Waals surface area (Å²) in [5, 5.41) is 5.36. The predicted molar refractivity (Wildman–Crippen MR) is 104 cm³/mol. The number of hydrogen-bond donors (Lipinski definition) is 2. The van der Waals surface area contributed by atoms with Crippen molar-refractivity contribution in [3.8, 4) is 0 Å². The molecule has 2 heterocycles. The number of aryl methyl sites for hydroxylation is 1. The van der Waals surface area contributed by atoms with Crippen LogP contribution in [-0.4, -0.2) is 30.5 Å². The lowest BCUT2D eigenvalue weighted by atomic mass is 10.1. The molecule has 3 N–H and O–H groups in total. The number of anilines is 1. The van der Waals surface area contributed by atoms with Gasteiger partial charge in [-0.25, -0.2) is 0 Å². The molecule has 0 aliphatic carbocycles. The van der Waals surface area contributed by atoms with Gasteiger partial charge in [0.25, 0.3) is 0 Å². The van der Waals surface area contributed by atoms with Gasteiger partial charge in [0.05, 0.1) is 12.6 Å². The molecule has 1 fully saturated rings. The van der Waals surface area contributed by atoms with E-state index >= 15 is 0 Å². The van der Waals surface area contributed by atoms with Gasteiger partial charge in [0, 0.05) is 10.6 Å². The largest absolute Gasteiger partial charge is 0.370 e. The number of aliphatic imine (C=N–C) groups is 1. The molecule has 2 aromatic rings. The molecule has 0 amide bonds. The summed E-state index contributed by atoms with van der Waals surface area (Å²) in [6, 6.07) is 13.0. The standard InChI is InChI=1S/C19H26N4S/c1-2-15-7-5-8-16(13-15)22-19(20)21-14-17(18-9-6-12-24-18)23-10-3-4-11-23/h5-9,12-13,17H,2-4,10-11,14H2,1H3,(H3,20,21,22). The van der Waals surface area contributed by atoms with E-state index in [-0.39, 0.29) is 0 Å². The zero-order chi connectivity index (χ0) is 16.8. The van der Waals surface area contributed by atoms with E-state index in [0.717, 1.165) is 25.2 Å². The first kappa shape index (κ1) is 17.0. The minimum Gasteiger partial charge on any atom is -0.370 e. The van der Waals surface area contributed by atoms with Crippen molar-refractivity contribution in [2.75, 3.05) is 25.0 Å². The van der Waals surface area contributed by atoms with E-state index in [1.807, 2.05) is 12.1 Å². The Kier molecular flexibility index (Phi) is 5.88. The van der Waals surface area contributed by atoms with Crippen LogP contribution < -0.4 is 11.1 Å². The minimum atomic E-state index is 0.342. The van der Waals surface area contributed by atoms with Gasteiger partial charge in [-0.1, -0.05) is 25.1 Å². The second kappa shape index (κ2) is 8.31. The monoisotopic (exact) mass is 342 g/mol. The highest BCUT2D eigenvalue weighted by atomic mass is 32.1. The van der Waals surface area contributed by atoms with Crippen LogP contribution >= 0.6 is 11.3 Å². The summed E-state index contributed by atoms with van der Waals surface area (Å²) in [5.41, 5.74) is 8.42. The van der Waals surface area contributed by atoms with Crippen molar-refractivity contribution in [2.24, 2.45) is 10.7 Å². The van der Waals surface area contributed by atoms with Crippen molar-refractivity contribution in [2.45, 2.75) is 32.2 Å². The number of hydrogen-bond acceptors (Lipinski definition) is 3. The van der Waals surface area contributed by atoms with Crippen molar-refractivity contribution in [1.29, 1.82) is 0 Å². The summed E-state index contributed by atoms with van der Waals surface area (Å²) in [6.07, 6.45) is 3.58. The average Bonchev–Trinajstić information content (AvgIpc) is 3.29. The fourth-order valence-electron chi connectivity index (χ4n) is 3.16. The smallest absolute Gasteiger partial charge is 0.193 e. The van der Waals surface area contributed by atoms with E-state index in [9.17, 15) is 0 Å². The van der Waals surface area contributed by atoms with Crippen LogP contribution in [0.5, 0.6) is 0 Å². The molecule has 1 saturated heterocycles. The maximum Gasteiger partial charge on any atom is 0.193 e. The molecule has 4 nitrogen and oxygen atoms in total. The van der Waals surface area contributed by atoms with Gasteiger partial charge in [0.15, 0.2) is 5.96 Å². The van der Waals surface area contributed by atoms with Crippen LogP contribution in [0.25, 0.3) is 0 Å². The van der Waals surface area contributed by atoms with Gasteiger partial charge in [-0.2, -0.15) is 0 Å². The number of benzene rings is 1. The summed E-state index contributed by atoms with van der Waals surface area (Å²) in [5.74, 6) is 0.490. The highest BCUT2D eigenvalue weighted by molar-refractivity contribution is 7.10. The Balaban J connectivity index is 1.66. The van der Waals surface area contributed by atoms with Gasteiger partial charge in [-0.15, -0.1) is 11.3 Å². The molecule has 1 aromatic heterocycles. The second-order valence-electron chi connectivity index (χ2n) is 6.18. The lowest BCUT2D eigenvalue weighted by Crippen LogP contribution is -2.29. The van der Waals surface area contributed by atoms with Crippen LogP contribution in [0.1, 0.15) is 36.2 Å². The summed E-state index contributed by atoms with van der Waals surface area (Å²) in [6.45, 7) is 5.17. The SMILES string of the molecule is CCc1cccc(NC(N)=NCC(c2cccs2)N2CCCC2)c1. The van der Waals surface area contributed by atoms with Gasteiger partial charge >= 0.3 is 0 Å². The van der Waals surface area contributed by atoms with Crippen molar-refractivity contribution in [1.82, 2.24) is 4.90 Å². The summed E-state index contributed by atoms with van der Waals surface area (Å²) >= 11 is 1.81. The Labute approximate surface area is 148 Å². The molecule has 0 saturated carbocycles. The van der Waals surface area contributed by atoms with Crippen LogP contribution in [0.2, 0.25) is 0 Å². The maximum absolute atomic E-state index is 6.12. The third-order valence-electron chi connectivity index (χ3n) is 4.50. The van der Waals surface area contributed by atoms with E-state index in [1.165, 1.54) is 23.3 Å². The fourth-order valence-corrected chi connectivity index (χ4v) is 4.01. The first-order chi connectivity index (χ1) is 11.8. The molecule has 0 bridgehead atoms. The van der Waals surface area contributed by atoms with Crippen molar-refractivity contribution < 1.29 is 0 Å². The molecule has 0 radical (unpaired) electrons. The first-order valence-electron chi connectivity index (χ1n) is 8.69. The Hall–Kier alpha value is -1.85. The van der Waals surface area contributed by atoms with Crippen LogP contribution in [0.3, 0.4) is 0 Å². The Bertz CT molecular complexity index is 660. The van der Waals surface area contributed by atoms with Crippen LogP contribution in [-0.2, 0) is 6.42 Å². The third-order valence-corrected chi connectivity index (χ3v) is 5.47. The van der Waals surface area contributed by atoms with Gasteiger partial charge in [0.1, 0.15) is 0 Å². The van der Waals surface area contributed by atoms with Crippen molar-refractivity contribution in [3.63, 3.8) is 0 Å². The molecule has 0 spiro atoms. The number of likely N-dealkylation sites (tertiary alicyclic amines) is 1. The number of guanidine groups is 1. The lowest BCUT2D eigenvalue weighted by molar-refractivity contribution is 0.255. The van der Waals surface area contributed by atoms with Crippen molar-refractivity contribution >= 4 is 23.0 Å². The number of nitrogens with two attached hydrogens (primary N) is 1. The van der Waals surface area contributed by atoms with Gasteiger partial charge < -0.3 is 11.1 Å². The molecular formula is C19H26N4S. The van der Waals surface area contributed by atoms with Crippen LogP contribution in [0.15, 0.2) is 46.8 Å². The molecule has 1 aliphatic heterocycles. The zero-order valence-corrected chi connectivity index (χ0v) is 15.1. The van der Waals surface area contributed by atoms with Gasteiger partial charge in [0.2, 0.25) is 0 Å². The third kappa shape index (κ3) is 4.36. The number of thiophene rings is 1. The van der Waals surface area contributed by atoms with Crippen molar-refractivity contribution in [3.05, 3.63) is 52.2 Å². The molecule has 1 atom stereocenters. The first-order valence-corrected chi connectivity index (χ1v) is 9.57. The summed E-state index contributed by atoms with van der Waals surface area (Å²) in [7, 11) is 0. The van der Waals surface area contributed by atoms with Crippen LogP contribution in [0, 0.1) is 0 Å². The van der Waals surface area contributed by atoms with E-state index < -0.39 is 0 Å². The average molecular weight is 343 g/mol. The number of nitrogens with one attached hydrogen (secondary N) is 1. The molecule has 3 rings (SSSR count). The Morgan fingerprint density at radius 3 is 2.83 bits per heavy atom. The molecular weight excluding hydrogens is 316 g/mol. The predicted octanol–water partition coefficient (Wildman–Crippen LogP) is 3.87. The second-order valence-corrected chi connectivity index (χ2v) is 7.16. The molecule has 1 unspecified atom stereocenters. The number of rotatable bonds is 6. The lowest BCUT2D eigenvalue weighted by Gasteiger charge is -2.25. The molecule has 1 aromatic carbocycles. The summed E-state index contributed by atoms with van der Waals surface area (Å²) in [4.78, 5) is 8.53. The highest BCUT2D eigenvalue weighted by Crippen LogP contribution is 2.28. The molecule has 128 valence electrons. The highest BCUT2D eigenvalue weighted by Gasteiger charge is 2.23. The zero-order valence-electron chi connectivity index (χ0n) is 14.2. The van der Waals surface area contributed by atoms with E-state index in [4.69, 9.17) is 5.73 Å².